The highest BCUT2D eigenvalue weighted by molar-refractivity contribution is 5.84. The molecule has 0 aliphatic carbocycles. The Balaban J connectivity index is 1.09. The Kier molecular flexibility index (Phi) is 16.5. The van der Waals surface area contributed by atoms with Crippen molar-refractivity contribution in [3.63, 3.8) is 0 Å². The van der Waals surface area contributed by atoms with Crippen LogP contribution in [0.1, 0.15) is 152 Å². The van der Waals surface area contributed by atoms with Gasteiger partial charge in [-0.2, -0.15) is 0 Å². The maximum Gasteiger partial charge on any atom is 0.311 e. The second-order valence-corrected chi connectivity index (χ2v) is 20.7. The Morgan fingerprint density at radius 2 is 1.68 bits per heavy atom. The van der Waals surface area contributed by atoms with Gasteiger partial charge in [0.1, 0.15) is 24.2 Å². The van der Waals surface area contributed by atoms with Crippen LogP contribution in [0.5, 0.6) is 0 Å². The molecule has 4 fully saturated rings. The summed E-state index contributed by atoms with van der Waals surface area (Å²) in [4.78, 5) is 39.0. The lowest BCUT2D eigenvalue weighted by Gasteiger charge is -2.54. The van der Waals surface area contributed by atoms with Crippen LogP contribution in [0.4, 0.5) is 0 Å². The summed E-state index contributed by atoms with van der Waals surface area (Å²) in [5.41, 5.74) is -1.21. The SMILES string of the molecule is CC[C@@H](C(=O)[C@@H](C)[C@@H](O)[C@H](C)[C@@H]1O[C@@H]([C@@H](CC)C(=O)OCc2cn(CCCC(=O)O)nn2)CC[C@@H]1C)[C@H]1O[C@]2(C=C[C@@H](O)[C@]3(CC[C@@](C)([C@H]4CC[C@](O)(CC)[C@H](C)O4)O3)O2)[C@H](C)C[C@@H]1C. The van der Waals surface area contributed by atoms with Gasteiger partial charge in [0.05, 0.1) is 59.9 Å². The number of esters is 1. The summed E-state index contributed by atoms with van der Waals surface area (Å²) < 4.78 is 41.1. The number of carbonyl (C=O) groups excluding carboxylic acids is 2. The van der Waals surface area contributed by atoms with E-state index in [-0.39, 0.29) is 48.8 Å². The van der Waals surface area contributed by atoms with Gasteiger partial charge in [-0.05, 0) is 102 Å². The number of hydrogen-bond donors (Lipinski definition) is 4. The van der Waals surface area contributed by atoms with Gasteiger partial charge in [-0.1, -0.05) is 60.6 Å². The van der Waals surface area contributed by atoms with Crippen LogP contribution in [0.3, 0.4) is 0 Å². The van der Waals surface area contributed by atoms with Crippen LogP contribution in [0.25, 0.3) is 0 Å². The first kappa shape index (κ1) is 51.6. The summed E-state index contributed by atoms with van der Waals surface area (Å²) in [6, 6.07) is 0. The number of hydrogen-bond acceptors (Lipinski definition) is 14. The fraction of sp³-hybridized carbons (Fsp3) is 0.857. The average molecular weight is 918 g/mol. The minimum Gasteiger partial charge on any atom is -0.481 e. The molecule has 0 amide bonds. The van der Waals surface area contributed by atoms with Crippen LogP contribution in [0.15, 0.2) is 18.3 Å². The standard InChI is InChI=1S/C49H79N3O13/c1-11-35(45(58)60-27-34-26-52(51-50-34)24-14-15-40(54)55)37-17-16-28(4)43(62-37)32(8)41(56)31(7)42(57)36(12-2)44-29(5)25-30(6)48(63-44)21-18-38(53)49(65-48)23-22-46(10,64-49)39-19-20-47(59,13-3)33(9)61-39/h18,21,26,28-33,35-39,41,43-44,53,56,59H,11-17,19-20,22-25,27H2,1-10H3,(H,54,55)/t28-,29-,30+,31-,32-,33-,35+,36-,37+,38+,39+,41+,43+,44-,46-,47+,48-,49-/m0/s1. The molecule has 5 aliphatic heterocycles. The van der Waals surface area contributed by atoms with Crippen molar-refractivity contribution in [3.8, 4) is 0 Å². The number of rotatable bonds is 18. The topological polar surface area (TPSA) is 218 Å². The van der Waals surface area contributed by atoms with E-state index in [0.717, 1.165) is 6.42 Å². The number of carboxylic acid groups (broad SMARTS) is 1. The minimum atomic E-state index is -1.40. The summed E-state index contributed by atoms with van der Waals surface area (Å²) >= 11 is 0. The zero-order chi connectivity index (χ0) is 47.6. The van der Waals surface area contributed by atoms with Gasteiger partial charge in [0.2, 0.25) is 5.79 Å². The van der Waals surface area contributed by atoms with Gasteiger partial charge < -0.3 is 48.8 Å². The molecule has 4 N–H and O–H groups in total. The van der Waals surface area contributed by atoms with E-state index in [9.17, 15) is 29.7 Å². The van der Waals surface area contributed by atoms with Gasteiger partial charge in [-0.15, -0.1) is 5.10 Å². The van der Waals surface area contributed by atoms with E-state index in [4.69, 9.17) is 33.5 Å². The molecule has 16 nitrogen and oxygen atoms in total. The van der Waals surface area contributed by atoms with E-state index in [1.807, 2.05) is 41.5 Å². The van der Waals surface area contributed by atoms with Gasteiger partial charge in [-0.25, -0.2) is 0 Å². The van der Waals surface area contributed by atoms with Crippen molar-refractivity contribution in [2.75, 3.05) is 0 Å². The van der Waals surface area contributed by atoms with Crippen molar-refractivity contribution in [3.05, 3.63) is 24.0 Å². The smallest absolute Gasteiger partial charge is 0.311 e. The number of aromatic nitrogens is 3. The molecule has 0 saturated carbocycles. The second kappa shape index (κ2) is 20.8. The minimum absolute atomic E-state index is 0.0146. The molecule has 368 valence electrons. The molecular formula is C49H79N3O13. The zero-order valence-corrected chi connectivity index (χ0v) is 40.5. The Hall–Kier alpha value is -2.83. The summed E-state index contributed by atoms with van der Waals surface area (Å²) in [6.07, 6.45) is 7.26. The van der Waals surface area contributed by atoms with Crippen LogP contribution < -0.4 is 0 Å². The van der Waals surface area contributed by atoms with E-state index in [0.29, 0.717) is 76.4 Å². The van der Waals surface area contributed by atoms with E-state index in [1.165, 1.54) is 4.68 Å². The van der Waals surface area contributed by atoms with Crippen molar-refractivity contribution in [2.24, 2.45) is 41.4 Å². The number of aryl methyl sites for hydroxylation is 1. The molecule has 0 aromatic carbocycles. The largest absolute Gasteiger partial charge is 0.481 e. The fourth-order valence-corrected chi connectivity index (χ4v) is 11.6. The van der Waals surface area contributed by atoms with Crippen LogP contribution in [-0.4, -0.2) is 119 Å². The molecule has 5 aliphatic rings. The lowest BCUT2D eigenvalue weighted by molar-refractivity contribution is -0.409. The van der Waals surface area contributed by atoms with Crippen LogP contribution >= 0.6 is 0 Å². The number of aliphatic hydroxyl groups is 3. The lowest BCUT2D eigenvalue weighted by atomic mass is 9.72. The third-order valence-corrected chi connectivity index (χ3v) is 16.2. The summed E-state index contributed by atoms with van der Waals surface area (Å²) in [6.45, 7) is 20.0. The van der Waals surface area contributed by atoms with E-state index in [1.54, 1.807) is 25.3 Å². The van der Waals surface area contributed by atoms with Gasteiger partial charge in [-0.3, -0.25) is 19.1 Å². The van der Waals surface area contributed by atoms with E-state index >= 15 is 0 Å². The predicted molar refractivity (Wildman–Crippen MR) is 238 cm³/mol. The molecule has 1 aromatic heterocycles. The molecule has 18 atom stereocenters. The van der Waals surface area contributed by atoms with Gasteiger partial charge in [0, 0.05) is 43.1 Å². The number of aliphatic carboxylic acids is 1. The first-order valence-corrected chi connectivity index (χ1v) is 24.6. The number of ketones is 1. The summed E-state index contributed by atoms with van der Waals surface area (Å²) in [7, 11) is 0. The number of Topliss-reactive ketones (excluding diaryl/α,β-unsaturated/α-hetero) is 1. The number of aliphatic hydroxyl groups excluding tert-OH is 2. The molecular weight excluding hydrogens is 839 g/mol. The van der Waals surface area contributed by atoms with Crippen LogP contribution in [-0.2, 0) is 56.0 Å². The van der Waals surface area contributed by atoms with Crippen molar-refractivity contribution >= 4 is 17.7 Å². The molecule has 0 unspecified atom stereocenters. The Labute approximate surface area is 385 Å². The Morgan fingerprint density at radius 1 is 0.954 bits per heavy atom. The van der Waals surface area contributed by atoms with E-state index in [2.05, 4.69) is 31.1 Å². The lowest BCUT2D eigenvalue weighted by Crippen LogP contribution is -2.63. The third-order valence-electron chi connectivity index (χ3n) is 16.2. The van der Waals surface area contributed by atoms with Crippen molar-refractivity contribution in [1.82, 2.24) is 15.0 Å². The third kappa shape index (κ3) is 10.7. The highest BCUT2D eigenvalue weighted by atomic mass is 16.8. The average Bonchev–Trinajstić information content (AvgIpc) is 3.88. The zero-order valence-electron chi connectivity index (χ0n) is 40.5. The number of ether oxygens (including phenoxy) is 6. The van der Waals surface area contributed by atoms with Gasteiger partial charge in [0.15, 0.2) is 5.79 Å². The van der Waals surface area contributed by atoms with Crippen LogP contribution in [0, 0.1) is 41.4 Å². The first-order chi connectivity index (χ1) is 30.6. The number of carboxylic acids is 1. The molecule has 2 spiro atoms. The van der Waals surface area contributed by atoms with E-state index < -0.39 is 88.9 Å². The molecule has 65 heavy (non-hydrogen) atoms. The Morgan fingerprint density at radius 3 is 2.34 bits per heavy atom. The number of nitrogens with zero attached hydrogens (tertiary/aromatic N) is 3. The molecule has 6 rings (SSSR count). The molecule has 16 heteroatoms. The molecule has 4 saturated heterocycles. The normalized spacial score (nSPS) is 39.7. The van der Waals surface area contributed by atoms with Crippen molar-refractivity contribution < 1.29 is 63.2 Å². The molecule has 1 aromatic rings. The monoisotopic (exact) mass is 918 g/mol. The second-order valence-electron chi connectivity index (χ2n) is 20.7. The first-order valence-electron chi connectivity index (χ1n) is 24.6. The van der Waals surface area contributed by atoms with Gasteiger partial charge in [0.25, 0.3) is 0 Å². The fourth-order valence-electron chi connectivity index (χ4n) is 11.6. The quantitative estimate of drug-likeness (QED) is 0.0938. The summed E-state index contributed by atoms with van der Waals surface area (Å²) in [5.74, 6) is -6.43. The molecule has 0 radical (unpaired) electrons. The highest BCUT2D eigenvalue weighted by Crippen LogP contribution is 2.54. The Bertz CT molecular complexity index is 1830. The van der Waals surface area contributed by atoms with Crippen molar-refractivity contribution in [1.29, 1.82) is 0 Å². The van der Waals surface area contributed by atoms with Gasteiger partial charge >= 0.3 is 11.9 Å². The van der Waals surface area contributed by atoms with Crippen LogP contribution in [0.2, 0.25) is 0 Å². The molecule has 0 bridgehead atoms. The summed E-state index contributed by atoms with van der Waals surface area (Å²) in [5, 5.41) is 51.6. The number of carbonyl (C=O) groups is 3. The predicted octanol–water partition coefficient (Wildman–Crippen LogP) is 6.30. The molecule has 6 heterocycles. The highest BCUT2D eigenvalue weighted by Gasteiger charge is 2.63. The maximum absolute atomic E-state index is 14.7. The maximum atomic E-state index is 14.7. The van der Waals surface area contributed by atoms with Crippen molar-refractivity contribution in [2.45, 2.75) is 225 Å².